The number of nitrogens with zero attached hydrogens (tertiary/aromatic N) is 2. The Hall–Kier alpha value is -5.22. The summed E-state index contributed by atoms with van der Waals surface area (Å²) in [5.74, 6) is -0.232. The van der Waals surface area contributed by atoms with Crippen LogP contribution in [0, 0.1) is 31.8 Å². The van der Waals surface area contributed by atoms with Crippen LogP contribution in [0.1, 0.15) is 22.3 Å². The average Bonchev–Trinajstić information content (AvgIpc) is 3.48. The number of rotatable bonds is 5. The molecule has 3 heterocycles. The quantitative estimate of drug-likeness (QED) is 0.163. The van der Waals surface area contributed by atoms with Gasteiger partial charge in [-0.15, -0.1) is 53.6 Å². The van der Waals surface area contributed by atoms with Gasteiger partial charge in [-0.05, 0) is 83.7 Å². The summed E-state index contributed by atoms with van der Waals surface area (Å²) < 4.78 is 19.2. The van der Waals surface area contributed by atoms with E-state index in [0.29, 0.717) is 0 Å². The van der Waals surface area contributed by atoms with E-state index in [-0.39, 0.29) is 25.9 Å². The fraction of sp³-hybridized carbons (Fsp3) is 0.0698. The molecule has 0 saturated carbocycles. The molecule has 0 spiro atoms. The number of halogens is 1. The number of pyridine rings is 2. The molecule has 1 radical (unpaired) electrons. The molecule has 0 atom stereocenters. The van der Waals surface area contributed by atoms with Crippen LogP contribution in [0.5, 0.6) is 0 Å². The number of furan rings is 1. The summed E-state index contributed by atoms with van der Waals surface area (Å²) >= 11 is 0. The van der Waals surface area contributed by atoms with E-state index in [1.165, 1.54) is 28.8 Å². The minimum Gasteiger partial charge on any atom is -0.501 e. The Labute approximate surface area is 293 Å². The van der Waals surface area contributed by atoms with Crippen LogP contribution in [-0.4, -0.2) is 9.97 Å². The molecule has 5 heteroatoms. The van der Waals surface area contributed by atoms with Gasteiger partial charge in [-0.3, -0.25) is 0 Å². The molecule has 0 aliphatic rings. The van der Waals surface area contributed by atoms with Crippen LogP contribution in [0.3, 0.4) is 0 Å². The Kier molecular flexibility index (Phi) is 10.0. The second kappa shape index (κ2) is 14.7. The van der Waals surface area contributed by atoms with E-state index >= 15 is 0 Å². The Morgan fingerprint density at radius 1 is 0.646 bits per heavy atom. The van der Waals surface area contributed by atoms with Gasteiger partial charge in [0.15, 0.2) is 0 Å². The standard InChI is InChI=1S/C24H17FN.C19H14NO.Ir/c25-23-11-9-20(10-12-23)21-13-14-26-24(17-21)22-8-4-7-19(16-22)15-18-5-2-1-3-6-18;1-12-6-8-14-15-4-3-5-16(19(15)21-18(14)10-12)17-9-7-13(2)11-20-17;/h1-7,9-14,16-17H,15H2;3-4,6-11H,1-2H3;/q2*-1;. The molecule has 0 unspecified atom stereocenters. The number of aryl methyl sites for hydroxylation is 2. The van der Waals surface area contributed by atoms with Gasteiger partial charge in [0.1, 0.15) is 11.4 Å². The summed E-state index contributed by atoms with van der Waals surface area (Å²) in [4.78, 5) is 8.99. The van der Waals surface area contributed by atoms with Crippen molar-refractivity contribution >= 4 is 21.9 Å². The fourth-order valence-corrected chi connectivity index (χ4v) is 5.66. The second-order valence-electron chi connectivity index (χ2n) is 11.6. The minimum atomic E-state index is -0.232. The zero-order valence-electron chi connectivity index (χ0n) is 26.5. The molecule has 3 nitrogen and oxygen atoms in total. The van der Waals surface area contributed by atoms with Crippen molar-refractivity contribution in [2.45, 2.75) is 20.3 Å². The SMILES string of the molecule is Cc1ccc(-c2[c-]ccc3c2oc2cc(C)ccc23)nc1.Fc1ccc(-c2ccnc(-c3[c-]ccc(Cc4ccccc4)c3)c2)cc1.[Ir]. The van der Waals surface area contributed by atoms with Gasteiger partial charge >= 0.3 is 0 Å². The normalized spacial score (nSPS) is 10.7. The average molecular weight is 803 g/mol. The third kappa shape index (κ3) is 7.34. The van der Waals surface area contributed by atoms with Gasteiger partial charge in [0.2, 0.25) is 0 Å². The topological polar surface area (TPSA) is 38.9 Å². The van der Waals surface area contributed by atoms with Gasteiger partial charge in [-0.2, -0.15) is 0 Å². The molecular weight excluding hydrogens is 772 g/mol. The van der Waals surface area contributed by atoms with Gasteiger partial charge in [-0.25, -0.2) is 4.39 Å². The van der Waals surface area contributed by atoms with Gasteiger partial charge in [0.05, 0.1) is 5.58 Å². The van der Waals surface area contributed by atoms with Gasteiger partial charge in [0.25, 0.3) is 0 Å². The van der Waals surface area contributed by atoms with Gasteiger partial charge in [-0.1, -0.05) is 83.7 Å². The first kappa shape index (κ1) is 32.7. The van der Waals surface area contributed by atoms with Crippen molar-refractivity contribution < 1.29 is 28.9 Å². The van der Waals surface area contributed by atoms with Crippen LogP contribution in [0.15, 0.2) is 144 Å². The van der Waals surface area contributed by atoms with E-state index in [0.717, 1.165) is 67.6 Å². The zero-order valence-corrected chi connectivity index (χ0v) is 28.9. The van der Waals surface area contributed by atoms with Crippen LogP contribution in [0.4, 0.5) is 4.39 Å². The van der Waals surface area contributed by atoms with E-state index < -0.39 is 0 Å². The monoisotopic (exact) mass is 803 g/mol. The largest absolute Gasteiger partial charge is 0.501 e. The first-order valence-corrected chi connectivity index (χ1v) is 15.5. The molecule has 3 aromatic heterocycles. The third-order valence-electron chi connectivity index (χ3n) is 8.09. The first-order valence-electron chi connectivity index (χ1n) is 15.5. The van der Waals surface area contributed by atoms with Crippen LogP contribution in [-0.2, 0) is 26.5 Å². The maximum atomic E-state index is 13.2. The zero-order chi connectivity index (χ0) is 32.2. The molecule has 0 N–H and O–H groups in total. The van der Waals surface area contributed by atoms with Crippen molar-refractivity contribution in [1.82, 2.24) is 9.97 Å². The van der Waals surface area contributed by atoms with Crippen LogP contribution < -0.4 is 0 Å². The molecule has 237 valence electrons. The molecule has 0 fully saturated rings. The maximum absolute atomic E-state index is 13.2. The summed E-state index contributed by atoms with van der Waals surface area (Å²) in [6.07, 6.45) is 4.53. The molecule has 0 amide bonds. The number of benzene rings is 5. The Morgan fingerprint density at radius 3 is 2.23 bits per heavy atom. The molecule has 0 saturated heterocycles. The number of hydrogen-bond acceptors (Lipinski definition) is 3. The number of aromatic nitrogens is 2. The molecule has 0 aliphatic carbocycles. The van der Waals surface area contributed by atoms with Gasteiger partial charge in [0, 0.05) is 37.9 Å². The van der Waals surface area contributed by atoms with Crippen LogP contribution >= 0.6 is 0 Å². The molecule has 8 rings (SSSR count). The predicted octanol–water partition coefficient (Wildman–Crippen LogP) is 11.0. The smallest absolute Gasteiger partial charge is 0.123 e. The summed E-state index contributed by atoms with van der Waals surface area (Å²) in [5.41, 5.74) is 12.2. The fourth-order valence-electron chi connectivity index (χ4n) is 5.66. The van der Waals surface area contributed by atoms with Crippen molar-refractivity contribution in [2.24, 2.45) is 0 Å². The Balaban J connectivity index is 0.000000167. The number of hydrogen-bond donors (Lipinski definition) is 0. The summed E-state index contributed by atoms with van der Waals surface area (Å²) in [6, 6.07) is 47.9. The molecule has 8 aromatic rings. The van der Waals surface area contributed by atoms with Crippen LogP contribution in [0.2, 0.25) is 0 Å². The summed E-state index contributed by atoms with van der Waals surface area (Å²) in [7, 11) is 0. The number of fused-ring (bicyclic) bond motifs is 3. The van der Waals surface area contributed by atoms with Crippen molar-refractivity contribution in [2.75, 3.05) is 0 Å². The van der Waals surface area contributed by atoms with E-state index in [4.69, 9.17) is 4.42 Å². The first-order chi connectivity index (χ1) is 23.0. The van der Waals surface area contributed by atoms with E-state index in [9.17, 15) is 4.39 Å². The van der Waals surface area contributed by atoms with Crippen molar-refractivity contribution in [3.05, 3.63) is 180 Å². The van der Waals surface area contributed by atoms with Crippen molar-refractivity contribution in [3.63, 3.8) is 0 Å². The van der Waals surface area contributed by atoms with Crippen molar-refractivity contribution in [3.8, 4) is 33.6 Å². The molecule has 0 bridgehead atoms. The summed E-state index contributed by atoms with van der Waals surface area (Å²) in [6.45, 7) is 4.10. The van der Waals surface area contributed by atoms with E-state index in [1.807, 2.05) is 55.6 Å². The molecular formula is C43H31FIrN2O-2. The predicted molar refractivity (Wildman–Crippen MR) is 188 cm³/mol. The van der Waals surface area contributed by atoms with Crippen LogP contribution in [0.25, 0.3) is 55.6 Å². The molecule has 5 aromatic carbocycles. The van der Waals surface area contributed by atoms with E-state index in [1.54, 1.807) is 18.3 Å². The van der Waals surface area contributed by atoms with Crippen molar-refractivity contribution in [1.29, 1.82) is 0 Å². The second-order valence-corrected chi connectivity index (χ2v) is 11.6. The molecule has 0 aliphatic heterocycles. The van der Waals surface area contributed by atoms with Gasteiger partial charge < -0.3 is 14.4 Å². The maximum Gasteiger partial charge on any atom is 0.123 e. The minimum absolute atomic E-state index is 0. The Bertz CT molecular complexity index is 2300. The van der Waals surface area contributed by atoms with E-state index in [2.05, 4.69) is 89.7 Å². The Morgan fingerprint density at radius 2 is 1.44 bits per heavy atom. The summed E-state index contributed by atoms with van der Waals surface area (Å²) in [5, 5.41) is 2.25. The third-order valence-corrected chi connectivity index (χ3v) is 8.09. The molecule has 48 heavy (non-hydrogen) atoms.